The predicted octanol–water partition coefficient (Wildman–Crippen LogP) is 2.83. The fourth-order valence-corrected chi connectivity index (χ4v) is 4.63. The number of nitro groups is 1. The lowest BCUT2D eigenvalue weighted by molar-refractivity contribution is -0.384. The van der Waals surface area contributed by atoms with E-state index in [2.05, 4.69) is 5.32 Å². The summed E-state index contributed by atoms with van der Waals surface area (Å²) in [5.41, 5.74) is 0.150. The second kappa shape index (κ2) is 7.19. The molecule has 1 heterocycles. The monoisotopic (exact) mass is 332 g/mol. The van der Waals surface area contributed by atoms with Crippen molar-refractivity contribution in [3.8, 4) is 0 Å². The summed E-state index contributed by atoms with van der Waals surface area (Å²) in [6.07, 6.45) is 0. The van der Waals surface area contributed by atoms with Crippen LogP contribution in [0.2, 0.25) is 5.02 Å². The van der Waals surface area contributed by atoms with Crippen LogP contribution in [0.5, 0.6) is 0 Å². The van der Waals surface area contributed by atoms with Crippen LogP contribution in [-0.4, -0.2) is 39.9 Å². The van der Waals surface area contributed by atoms with Crippen molar-refractivity contribution in [3.63, 3.8) is 0 Å². The van der Waals surface area contributed by atoms with Gasteiger partial charge in [-0.15, -0.1) is 0 Å². The maximum atomic E-state index is 12.0. The van der Waals surface area contributed by atoms with Crippen molar-refractivity contribution in [1.29, 1.82) is 0 Å². The molecular formula is C12H13ClN2O3S2. The fraction of sp³-hybridized carbons (Fsp3) is 0.417. The molecule has 1 amide bonds. The van der Waals surface area contributed by atoms with Crippen molar-refractivity contribution in [1.82, 2.24) is 5.32 Å². The zero-order chi connectivity index (χ0) is 14.5. The van der Waals surface area contributed by atoms with Crippen LogP contribution in [-0.2, 0) is 0 Å². The number of halogens is 1. The Balaban J connectivity index is 1.96. The van der Waals surface area contributed by atoms with Gasteiger partial charge in [0.15, 0.2) is 0 Å². The van der Waals surface area contributed by atoms with Gasteiger partial charge in [-0.05, 0) is 6.07 Å². The van der Waals surface area contributed by atoms with Gasteiger partial charge in [0.1, 0.15) is 0 Å². The molecule has 108 valence electrons. The van der Waals surface area contributed by atoms with Crippen LogP contribution >= 0.6 is 35.1 Å². The minimum atomic E-state index is -0.538. The molecule has 1 saturated heterocycles. The number of hydrogen-bond acceptors (Lipinski definition) is 5. The highest BCUT2D eigenvalue weighted by atomic mass is 35.5. The molecule has 0 aromatic heterocycles. The van der Waals surface area contributed by atoms with E-state index in [0.29, 0.717) is 11.8 Å². The molecule has 1 fully saturated rings. The van der Waals surface area contributed by atoms with Gasteiger partial charge in [-0.3, -0.25) is 14.9 Å². The van der Waals surface area contributed by atoms with E-state index in [4.69, 9.17) is 11.6 Å². The number of non-ortho nitro benzene ring substituents is 1. The molecule has 0 spiro atoms. The largest absolute Gasteiger partial charge is 0.351 e. The normalized spacial score (nSPS) is 18.6. The van der Waals surface area contributed by atoms with Crippen LogP contribution in [0.15, 0.2) is 18.2 Å². The third-order valence-electron chi connectivity index (χ3n) is 2.78. The first-order chi connectivity index (χ1) is 9.58. The van der Waals surface area contributed by atoms with Crippen molar-refractivity contribution < 1.29 is 9.72 Å². The van der Waals surface area contributed by atoms with E-state index >= 15 is 0 Å². The Morgan fingerprint density at radius 2 is 2.30 bits per heavy atom. The van der Waals surface area contributed by atoms with Crippen LogP contribution in [0.1, 0.15) is 10.4 Å². The zero-order valence-corrected chi connectivity index (χ0v) is 12.9. The molecule has 1 unspecified atom stereocenters. The molecule has 8 heteroatoms. The van der Waals surface area contributed by atoms with Crippen LogP contribution in [0, 0.1) is 10.1 Å². The maximum Gasteiger partial charge on any atom is 0.270 e. The standard InChI is InChI=1S/C12H13ClN2O3S2/c13-11-5-8(15(17)18)1-2-10(11)12(16)14-6-9-7-19-3-4-20-9/h1-2,5,9H,3-4,6-7H2,(H,14,16). The van der Waals surface area contributed by atoms with Gasteiger partial charge < -0.3 is 5.32 Å². The maximum absolute atomic E-state index is 12.0. The summed E-state index contributed by atoms with van der Waals surface area (Å²) < 4.78 is 0. The summed E-state index contributed by atoms with van der Waals surface area (Å²) in [7, 11) is 0. The van der Waals surface area contributed by atoms with E-state index in [1.165, 1.54) is 18.2 Å². The highest BCUT2D eigenvalue weighted by Crippen LogP contribution is 2.24. The SMILES string of the molecule is O=C(NCC1CSCCS1)c1ccc([N+](=O)[O-])cc1Cl. The summed E-state index contributed by atoms with van der Waals surface area (Å²) in [6.45, 7) is 0.587. The van der Waals surface area contributed by atoms with Gasteiger partial charge in [0.2, 0.25) is 0 Å². The number of amides is 1. The van der Waals surface area contributed by atoms with Crippen molar-refractivity contribution in [2.24, 2.45) is 0 Å². The van der Waals surface area contributed by atoms with Crippen molar-refractivity contribution in [2.45, 2.75) is 5.25 Å². The molecule has 1 atom stereocenters. The Labute approximate surface area is 130 Å². The van der Waals surface area contributed by atoms with Gasteiger partial charge in [0, 0.05) is 41.2 Å². The summed E-state index contributed by atoms with van der Waals surface area (Å²) in [5.74, 6) is 2.99. The summed E-state index contributed by atoms with van der Waals surface area (Å²) in [6, 6.07) is 3.87. The van der Waals surface area contributed by atoms with Crippen LogP contribution in [0.4, 0.5) is 5.69 Å². The molecule has 2 rings (SSSR count). The van der Waals surface area contributed by atoms with Crippen molar-refractivity contribution in [2.75, 3.05) is 23.8 Å². The Morgan fingerprint density at radius 1 is 1.50 bits per heavy atom. The number of carbonyl (C=O) groups is 1. The molecule has 1 aliphatic heterocycles. The van der Waals surface area contributed by atoms with Crippen LogP contribution in [0.25, 0.3) is 0 Å². The van der Waals surface area contributed by atoms with Gasteiger partial charge in [0.25, 0.3) is 11.6 Å². The minimum absolute atomic E-state index is 0.0994. The number of hydrogen-bond donors (Lipinski definition) is 1. The van der Waals surface area contributed by atoms with E-state index in [0.717, 1.165) is 17.3 Å². The lowest BCUT2D eigenvalue weighted by Crippen LogP contribution is -2.33. The topological polar surface area (TPSA) is 72.2 Å². The minimum Gasteiger partial charge on any atom is -0.351 e. The number of thioether (sulfide) groups is 2. The second-order valence-electron chi connectivity index (χ2n) is 4.20. The van der Waals surface area contributed by atoms with Crippen LogP contribution < -0.4 is 5.32 Å². The molecule has 1 aromatic rings. The Morgan fingerprint density at radius 3 is 2.90 bits per heavy atom. The predicted molar refractivity (Wildman–Crippen MR) is 84.0 cm³/mol. The van der Waals surface area contributed by atoms with Crippen molar-refractivity contribution in [3.05, 3.63) is 38.9 Å². The Hall–Kier alpha value is -0.920. The lowest BCUT2D eigenvalue weighted by atomic mass is 10.2. The number of nitro benzene ring substituents is 1. The van der Waals surface area contributed by atoms with E-state index < -0.39 is 4.92 Å². The van der Waals surface area contributed by atoms with Gasteiger partial charge in [-0.2, -0.15) is 23.5 Å². The molecule has 5 nitrogen and oxygen atoms in total. The first-order valence-corrected chi connectivity index (χ1v) is 8.57. The van der Waals surface area contributed by atoms with Crippen molar-refractivity contribution >= 4 is 46.7 Å². The molecule has 1 aromatic carbocycles. The fourth-order valence-electron chi connectivity index (χ4n) is 1.76. The molecule has 1 N–H and O–H groups in total. The second-order valence-corrected chi connectivity index (χ2v) is 7.16. The van der Waals surface area contributed by atoms with E-state index in [9.17, 15) is 14.9 Å². The average Bonchev–Trinajstić information content (AvgIpc) is 2.45. The van der Waals surface area contributed by atoms with Gasteiger partial charge in [-0.1, -0.05) is 11.6 Å². The number of nitrogens with one attached hydrogen (secondary N) is 1. The van der Waals surface area contributed by atoms with Gasteiger partial charge in [-0.25, -0.2) is 0 Å². The van der Waals surface area contributed by atoms with E-state index in [-0.39, 0.29) is 22.2 Å². The van der Waals surface area contributed by atoms with Gasteiger partial charge >= 0.3 is 0 Å². The lowest BCUT2D eigenvalue weighted by Gasteiger charge is -2.21. The highest BCUT2D eigenvalue weighted by molar-refractivity contribution is 8.06. The Bertz CT molecular complexity index is 521. The van der Waals surface area contributed by atoms with E-state index in [1.807, 2.05) is 23.5 Å². The third-order valence-corrected chi connectivity index (χ3v) is 5.94. The van der Waals surface area contributed by atoms with Gasteiger partial charge in [0.05, 0.1) is 15.5 Å². The molecule has 0 bridgehead atoms. The molecule has 0 saturated carbocycles. The summed E-state index contributed by atoms with van der Waals surface area (Å²) in [5, 5.41) is 13.9. The highest BCUT2D eigenvalue weighted by Gasteiger charge is 2.18. The number of benzene rings is 1. The molecular weight excluding hydrogens is 320 g/mol. The Kier molecular flexibility index (Phi) is 5.56. The summed E-state index contributed by atoms with van der Waals surface area (Å²) in [4.78, 5) is 22.1. The number of carbonyl (C=O) groups excluding carboxylic acids is 1. The first-order valence-electron chi connectivity index (χ1n) is 5.99. The van der Waals surface area contributed by atoms with E-state index in [1.54, 1.807) is 0 Å². The molecule has 0 aliphatic carbocycles. The van der Waals surface area contributed by atoms with Crippen LogP contribution in [0.3, 0.4) is 0 Å². The zero-order valence-electron chi connectivity index (χ0n) is 10.5. The quantitative estimate of drug-likeness (QED) is 0.678. The summed E-state index contributed by atoms with van der Waals surface area (Å²) >= 11 is 9.65. The molecule has 1 aliphatic rings. The number of rotatable bonds is 4. The smallest absolute Gasteiger partial charge is 0.270 e. The third kappa shape index (κ3) is 4.04. The number of nitrogens with zero attached hydrogens (tertiary/aromatic N) is 1. The first kappa shape index (κ1) is 15.5. The molecule has 0 radical (unpaired) electrons. The molecule has 20 heavy (non-hydrogen) atoms. The average molecular weight is 333 g/mol.